The first kappa shape index (κ1) is 19.1. The van der Waals surface area contributed by atoms with Crippen LogP contribution in [0.3, 0.4) is 0 Å². The number of methoxy groups -OCH3 is 1. The maximum atomic E-state index is 13.1. The average Bonchev–Trinajstić information content (AvgIpc) is 3.34. The van der Waals surface area contributed by atoms with E-state index in [9.17, 15) is 4.79 Å². The fourth-order valence-corrected chi connectivity index (χ4v) is 3.77. The summed E-state index contributed by atoms with van der Waals surface area (Å²) in [6, 6.07) is 13.5. The van der Waals surface area contributed by atoms with Gasteiger partial charge in [-0.15, -0.1) is 10.2 Å². The second kappa shape index (κ2) is 7.33. The number of carbonyl (C=O) groups excluding carboxylic acids is 1. The van der Waals surface area contributed by atoms with E-state index in [0.717, 1.165) is 16.5 Å². The zero-order valence-corrected chi connectivity index (χ0v) is 17.5. The lowest BCUT2D eigenvalue weighted by Gasteiger charge is -2.21. The smallest absolute Gasteiger partial charge is 0.419 e. The van der Waals surface area contributed by atoms with Gasteiger partial charge in [0.2, 0.25) is 5.88 Å². The van der Waals surface area contributed by atoms with Crippen molar-refractivity contribution in [2.24, 2.45) is 0 Å². The van der Waals surface area contributed by atoms with Crippen LogP contribution in [0.15, 0.2) is 53.2 Å². The van der Waals surface area contributed by atoms with Gasteiger partial charge in [0.1, 0.15) is 5.60 Å². The van der Waals surface area contributed by atoms with Gasteiger partial charge in [-0.3, -0.25) is 0 Å². The van der Waals surface area contributed by atoms with Gasteiger partial charge in [-0.2, -0.15) is 11.3 Å². The zero-order chi connectivity index (χ0) is 20.6. The zero-order valence-electron chi connectivity index (χ0n) is 16.7. The van der Waals surface area contributed by atoms with E-state index in [1.165, 1.54) is 7.11 Å². The van der Waals surface area contributed by atoms with Gasteiger partial charge in [-0.1, -0.05) is 18.2 Å². The minimum Gasteiger partial charge on any atom is -0.479 e. The highest BCUT2D eigenvalue weighted by molar-refractivity contribution is 7.08. The molecule has 0 radical (unpaired) electrons. The third-order valence-corrected chi connectivity index (χ3v) is 5.02. The fraction of sp³-hybridized carbons (Fsp3) is 0.227. The lowest BCUT2D eigenvalue weighted by atomic mass is 10.1. The highest BCUT2D eigenvalue weighted by Gasteiger charge is 2.25. The quantitative estimate of drug-likeness (QED) is 0.441. The predicted molar refractivity (Wildman–Crippen MR) is 114 cm³/mol. The summed E-state index contributed by atoms with van der Waals surface area (Å²) >= 11 is 1.59. The average molecular weight is 407 g/mol. The summed E-state index contributed by atoms with van der Waals surface area (Å²) in [7, 11) is 1.54. The molecule has 0 saturated carbocycles. The molecule has 0 spiro atoms. The molecule has 0 saturated heterocycles. The Balaban J connectivity index is 1.95. The Kier molecular flexibility index (Phi) is 4.84. The highest BCUT2D eigenvalue weighted by Crippen LogP contribution is 2.35. The van der Waals surface area contributed by atoms with Crippen molar-refractivity contribution in [3.8, 4) is 28.4 Å². The van der Waals surface area contributed by atoms with Crippen molar-refractivity contribution in [3.05, 3.63) is 53.2 Å². The van der Waals surface area contributed by atoms with Gasteiger partial charge in [-0.25, -0.2) is 9.36 Å². The third kappa shape index (κ3) is 3.73. The molecular weight excluding hydrogens is 386 g/mol. The van der Waals surface area contributed by atoms with Crippen LogP contribution in [0.2, 0.25) is 0 Å². The second-order valence-electron chi connectivity index (χ2n) is 7.57. The summed E-state index contributed by atoms with van der Waals surface area (Å²) in [5.74, 6) is 0.344. The Bertz CT molecular complexity index is 1170. The van der Waals surface area contributed by atoms with E-state index in [1.54, 1.807) is 15.9 Å². The van der Waals surface area contributed by atoms with Crippen LogP contribution < -0.4 is 4.74 Å². The van der Waals surface area contributed by atoms with Gasteiger partial charge >= 0.3 is 6.09 Å². The minimum atomic E-state index is -0.623. The van der Waals surface area contributed by atoms with Crippen LogP contribution in [-0.4, -0.2) is 33.6 Å². The van der Waals surface area contributed by atoms with E-state index < -0.39 is 11.7 Å². The monoisotopic (exact) mass is 407 g/mol. The van der Waals surface area contributed by atoms with Crippen molar-refractivity contribution in [1.82, 2.24) is 14.8 Å². The van der Waals surface area contributed by atoms with Crippen molar-refractivity contribution in [2.45, 2.75) is 26.4 Å². The molecule has 0 atom stereocenters. The topological polar surface area (TPSA) is 66.2 Å². The number of fused-ring (bicyclic) bond motifs is 1. The number of hydrogen-bond donors (Lipinski definition) is 0. The summed E-state index contributed by atoms with van der Waals surface area (Å²) in [5, 5.41) is 13.4. The summed E-state index contributed by atoms with van der Waals surface area (Å²) in [6.07, 6.45) is -0.454. The Labute approximate surface area is 172 Å². The number of aromatic nitrogens is 3. The van der Waals surface area contributed by atoms with E-state index in [0.29, 0.717) is 22.8 Å². The Morgan fingerprint density at radius 3 is 2.59 bits per heavy atom. The molecule has 29 heavy (non-hydrogen) atoms. The first-order valence-corrected chi connectivity index (χ1v) is 10.1. The standard InChI is InChI=1S/C22H21N3O3S/c1-22(2,3)28-21(26)25-18-8-6-5-7-14(18)11-19(25)16-12-17(15-9-10-29-13-15)23-24-20(16)27-4/h5-13H,1-4H3. The van der Waals surface area contributed by atoms with Crippen LogP contribution >= 0.6 is 11.3 Å². The van der Waals surface area contributed by atoms with E-state index in [1.807, 2.05) is 74.0 Å². The largest absolute Gasteiger partial charge is 0.479 e. The second-order valence-corrected chi connectivity index (χ2v) is 8.35. The van der Waals surface area contributed by atoms with E-state index in [2.05, 4.69) is 10.2 Å². The van der Waals surface area contributed by atoms with Crippen molar-refractivity contribution in [2.75, 3.05) is 7.11 Å². The molecule has 3 aromatic heterocycles. The van der Waals surface area contributed by atoms with Gasteiger partial charge in [0.05, 0.1) is 29.6 Å². The number of para-hydroxylation sites is 1. The molecule has 0 amide bonds. The molecule has 0 N–H and O–H groups in total. The lowest BCUT2D eigenvalue weighted by Crippen LogP contribution is -2.27. The molecule has 0 aliphatic rings. The van der Waals surface area contributed by atoms with Gasteiger partial charge in [0.15, 0.2) is 0 Å². The SMILES string of the molecule is COc1nnc(-c2ccsc2)cc1-c1cc2ccccc2n1C(=O)OC(C)(C)C. The molecule has 0 aliphatic heterocycles. The van der Waals surface area contributed by atoms with Gasteiger partial charge in [0, 0.05) is 16.3 Å². The normalized spacial score (nSPS) is 11.6. The number of hydrogen-bond acceptors (Lipinski definition) is 6. The Hall–Kier alpha value is -3.19. The number of thiophene rings is 1. The molecule has 0 fully saturated rings. The molecular formula is C22H21N3O3S. The third-order valence-electron chi connectivity index (χ3n) is 4.33. The van der Waals surface area contributed by atoms with Crippen LogP contribution in [0.25, 0.3) is 33.4 Å². The van der Waals surface area contributed by atoms with Crippen LogP contribution in [0.1, 0.15) is 20.8 Å². The number of ether oxygens (including phenoxy) is 2. The molecule has 6 nitrogen and oxygen atoms in total. The predicted octanol–water partition coefficient (Wildman–Crippen LogP) is 5.62. The van der Waals surface area contributed by atoms with Crippen molar-refractivity contribution >= 4 is 28.3 Å². The molecule has 148 valence electrons. The van der Waals surface area contributed by atoms with Crippen molar-refractivity contribution in [1.29, 1.82) is 0 Å². The number of benzene rings is 1. The van der Waals surface area contributed by atoms with Gasteiger partial charge in [0.25, 0.3) is 0 Å². The van der Waals surface area contributed by atoms with Crippen molar-refractivity contribution in [3.63, 3.8) is 0 Å². The molecule has 0 aliphatic carbocycles. The van der Waals surface area contributed by atoms with E-state index in [4.69, 9.17) is 9.47 Å². The minimum absolute atomic E-state index is 0.344. The number of nitrogens with zero attached hydrogens (tertiary/aromatic N) is 3. The molecule has 1 aromatic carbocycles. The maximum Gasteiger partial charge on any atom is 0.419 e. The van der Waals surface area contributed by atoms with Crippen molar-refractivity contribution < 1.29 is 14.3 Å². The molecule has 7 heteroatoms. The molecule has 4 aromatic rings. The van der Waals surface area contributed by atoms with Gasteiger partial charge in [-0.05, 0) is 50.4 Å². The first-order chi connectivity index (χ1) is 13.9. The van der Waals surface area contributed by atoms with E-state index >= 15 is 0 Å². The molecule has 0 bridgehead atoms. The molecule has 3 heterocycles. The summed E-state index contributed by atoms with van der Waals surface area (Å²) in [4.78, 5) is 13.1. The number of carbonyl (C=O) groups is 1. The summed E-state index contributed by atoms with van der Waals surface area (Å²) < 4.78 is 12.7. The number of rotatable bonds is 3. The van der Waals surface area contributed by atoms with Gasteiger partial charge < -0.3 is 9.47 Å². The van der Waals surface area contributed by atoms with Crippen LogP contribution in [0.4, 0.5) is 4.79 Å². The molecule has 0 unspecified atom stereocenters. The van der Waals surface area contributed by atoms with E-state index in [-0.39, 0.29) is 0 Å². The molecule has 4 rings (SSSR count). The Morgan fingerprint density at radius 2 is 1.90 bits per heavy atom. The summed E-state index contributed by atoms with van der Waals surface area (Å²) in [5.41, 5.74) is 3.12. The van der Waals surface area contributed by atoms with Crippen LogP contribution in [-0.2, 0) is 4.74 Å². The fourth-order valence-electron chi connectivity index (χ4n) is 3.12. The summed E-state index contributed by atoms with van der Waals surface area (Å²) in [6.45, 7) is 5.54. The first-order valence-electron chi connectivity index (χ1n) is 9.16. The lowest BCUT2D eigenvalue weighted by molar-refractivity contribution is 0.0547. The van der Waals surface area contributed by atoms with Crippen LogP contribution in [0, 0.1) is 0 Å². The highest BCUT2D eigenvalue weighted by atomic mass is 32.1. The maximum absolute atomic E-state index is 13.1. The van der Waals surface area contributed by atoms with Crippen LogP contribution in [0.5, 0.6) is 5.88 Å². The Morgan fingerprint density at radius 1 is 1.10 bits per heavy atom.